The Kier molecular flexibility index (Phi) is 8.70. The van der Waals surface area contributed by atoms with Gasteiger partial charge in [0.05, 0.1) is 17.5 Å². The summed E-state index contributed by atoms with van der Waals surface area (Å²) in [5.41, 5.74) is 2.65. The normalized spacial score (nSPS) is 25.3. The lowest BCUT2D eigenvalue weighted by molar-refractivity contribution is -0.180. The number of aryl methyl sites for hydroxylation is 1. The number of rotatable bonds is 7. The summed E-state index contributed by atoms with van der Waals surface area (Å²) in [6.07, 6.45) is 6.60. The van der Waals surface area contributed by atoms with E-state index in [2.05, 4.69) is 122 Å². The van der Waals surface area contributed by atoms with E-state index in [4.69, 9.17) is 4.74 Å². The number of carbonyl (C=O) groups excluding carboxylic acids is 1. The summed E-state index contributed by atoms with van der Waals surface area (Å²) in [6.45, 7) is 2.86. The molecule has 0 aliphatic heterocycles. The van der Waals surface area contributed by atoms with E-state index in [-0.39, 0.29) is 28.3 Å². The fourth-order valence-electron chi connectivity index (χ4n) is 8.29. The van der Waals surface area contributed by atoms with Crippen LogP contribution in [0.2, 0.25) is 0 Å². The number of ether oxygens (including phenoxy) is 1. The minimum absolute atomic E-state index is 0.0146. The van der Waals surface area contributed by atoms with Gasteiger partial charge in [-0.25, -0.2) is 4.79 Å². The maximum Gasteiger partial charge on any atom is 0.376 e. The zero-order valence-corrected chi connectivity index (χ0v) is 26.4. The van der Waals surface area contributed by atoms with E-state index in [1.165, 1.54) is 45.1 Å². The first-order valence-corrected chi connectivity index (χ1v) is 16.9. The van der Waals surface area contributed by atoms with Crippen LogP contribution in [-0.4, -0.2) is 18.5 Å². The van der Waals surface area contributed by atoms with Gasteiger partial charge in [0.15, 0.2) is 14.7 Å². The summed E-state index contributed by atoms with van der Waals surface area (Å²) in [5, 5.41) is 0. The second-order valence-electron chi connectivity index (χ2n) is 13.3. The number of hydrogen-bond acceptors (Lipinski definition) is 2. The number of halogens is 2. The molecule has 4 aliphatic carbocycles. The molecule has 0 aromatic heterocycles. The highest BCUT2D eigenvalue weighted by molar-refractivity contribution is 7.97. The van der Waals surface area contributed by atoms with E-state index in [1.807, 2.05) is 0 Å². The highest BCUT2D eigenvalue weighted by Gasteiger charge is 2.58. The third-order valence-corrected chi connectivity index (χ3v) is 11.9. The van der Waals surface area contributed by atoms with Crippen molar-refractivity contribution in [2.45, 2.75) is 78.4 Å². The largest absolute Gasteiger partial charge is 0.461 e. The lowest BCUT2D eigenvalue weighted by Crippen LogP contribution is -2.55. The average Bonchev–Trinajstić information content (AvgIpc) is 3.01. The van der Waals surface area contributed by atoms with Crippen molar-refractivity contribution in [2.75, 3.05) is 6.61 Å². The van der Waals surface area contributed by atoms with Crippen molar-refractivity contribution in [2.24, 2.45) is 17.3 Å². The number of hydrogen-bond donors (Lipinski definition) is 0. The molecule has 228 valence electrons. The highest BCUT2D eigenvalue weighted by Crippen LogP contribution is 2.65. The van der Waals surface area contributed by atoms with E-state index >= 15 is 0 Å². The molecule has 0 radical (unpaired) electrons. The maximum absolute atomic E-state index is 13.2. The minimum atomic E-state index is -3.41. The minimum Gasteiger partial charge on any atom is -0.461 e. The third kappa shape index (κ3) is 6.63. The zero-order chi connectivity index (χ0) is 30.8. The quantitative estimate of drug-likeness (QED) is 0.154. The smallest absolute Gasteiger partial charge is 0.376 e. The maximum atomic E-state index is 13.2. The summed E-state index contributed by atoms with van der Waals surface area (Å²) < 4.78 is 31.5. The van der Waals surface area contributed by atoms with Crippen LogP contribution in [0.25, 0.3) is 0 Å². The average molecular weight is 612 g/mol. The Morgan fingerprint density at radius 3 is 1.64 bits per heavy atom. The molecule has 0 heterocycles. The molecular weight excluding hydrogens is 570 g/mol. The lowest BCUT2D eigenvalue weighted by atomic mass is 9.43. The fourth-order valence-corrected chi connectivity index (χ4v) is 10.4. The summed E-state index contributed by atoms with van der Waals surface area (Å²) in [5.74, 6) is -3.53. The Balaban J connectivity index is 0.000000162. The van der Waals surface area contributed by atoms with Crippen molar-refractivity contribution in [1.82, 2.24) is 0 Å². The van der Waals surface area contributed by atoms with E-state index in [0.29, 0.717) is 18.8 Å². The molecule has 8 rings (SSSR count). The number of alkyl halides is 2. The molecule has 5 heteroatoms. The van der Waals surface area contributed by atoms with Gasteiger partial charge in [-0.05, 0) is 105 Å². The summed E-state index contributed by atoms with van der Waals surface area (Å²) >= 11 is 0. The van der Waals surface area contributed by atoms with Crippen molar-refractivity contribution in [3.63, 3.8) is 0 Å². The molecule has 4 bridgehead atoms. The Hall–Kier alpha value is -3.44. The van der Waals surface area contributed by atoms with Crippen LogP contribution in [-0.2, 0) is 25.8 Å². The first-order valence-electron chi connectivity index (χ1n) is 15.7. The number of carbonyl (C=O) groups is 1. The molecule has 4 aromatic carbocycles. The van der Waals surface area contributed by atoms with Crippen LogP contribution >= 0.6 is 0 Å². The van der Waals surface area contributed by atoms with Crippen molar-refractivity contribution in [1.29, 1.82) is 0 Å². The summed E-state index contributed by atoms with van der Waals surface area (Å²) in [7, 11) is -0.0146. The van der Waals surface area contributed by atoms with Crippen LogP contribution < -0.4 is 0 Å². The van der Waals surface area contributed by atoms with Crippen molar-refractivity contribution < 1.29 is 18.3 Å². The number of esters is 1. The molecule has 0 amide bonds. The van der Waals surface area contributed by atoms with Crippen LogP contribution in [0.5, 0.6) is 0 Å². The monoisotopic (exact) mass is 611 g/mol. The van der Waals surface area contributed by atoms with Gasteiger partial charge >= 0.3 is 11.9 Å². The van der Waals surface area contributed by atoms with Gasteiger partial charge in [0.1, 0.15) is 0 Å². The van der Waals surface area contributed by atoms with Gasteiger partial charge in [0, 0.05) is 12.3 Å². The van der Waals surface area contributed by atoms with E-state index < -0.39 is 11.9 Å². The van der Waals surface area contributed by atoms with Crippen LogP contribution in [0.1, 0.15) is 56.6 Å². The van der Waals surface area contributed by atoms with Gasteiger partial charge in [-0.1, -0.05) is 84.4 Å². The van der Waals surface area contributed by atoms with Gasteiger partial charge in [-0.3, -0.25) is 0 Å². The Morgan fingerprint density at radius 2 is 1.20 bits per heavy atom. The molecule has 0 N–H and O–H groups in total. The van der Waals surface area contributed by atoms with Gasteiger partial charge in [-0.15, -0.1) is 0 Å². The van der Waals surface area contributed by atoms with Crippen molar-refractivity contribution >= 4 is 16.9 Å². The molecule has 0 saturated heterocycles. The van der Waals surface area contributed by atoms with Crippen LogP contribution in [0.3, 0.4) is 0 Å². The highest BCUT2D eigenvalue weighted by atomic mass is 32.2. The Labute approximate surface area is 263 Å². The van der Waals surface area contributed by atoms with E-state index in [1.54, 1.807) is 0 Å². The molecule has 2 nitrogen and oxygen atoms in total. The summed E-state index contributed by atoms with van der Waals surface area (Å²) in [6, 6.07) is 41.0. The SMILES string of the molecule is Cc1ccc(C23CC4CC(CC(COC(=O)C(C)(F)F)(C4)C2)C3)cc1.c1ccc([S+](c2ccccc2)c2ccccc2)cc1. The Bertz CT molecular complexity index is 1430. The van der Waals surface area contributed by atoms with Gasteiger partial charge in [0.2, 0.25) is 0 Å². The first-order chi connectivity index (χ1) is 21.1. The summed E-state index contributed by atoms with van der Waals surface area (Å²) in [4.78, 5) is 15.7. The second kappa shape index (κ2) is 12.5. The van der Waals surface area contributed by atoms with Crippen molar-refractivity contribution in [3.8, 4) is 0 Å². The molecule has 4 aromatic rings. The zero-order valence-electron chi connectivity index (χ0n) is 25.6. The lowest BCUT2D eigenvalue weighted by Gasteiger charge is -2.62. The van der Waals surface area contributed by atoms with Crippen molar-refractivity contribution in [3.05, 3.63) is 126 Å². The van der Waals surface area contributed by atoms with E-state index in [9.17, 15) is 13.6 Å². The molecule has 4 saturated carbocycles. The predicted octanol–water partition coefficient (Wildman–Crippen LogP) is 9.81. The van der Waals surface area contributed by atoms with Gasteiger partial charge < -0.3 is 4.74 Å². The molecule has 0 spiro atoms. The molecule has 2 atom stereocenters. The van der Waals surface area contributed by atoms with Crippen LogP contribution in [0, 0.1) is 24.2 Å². The molecule has 44 heavy (non-hydrogen) atoms. The fraction of sp³-hybridized carbons (Fsp3) is 0.359. The van der Waals surface area contributed by atoms with Gasteiger partial charge in [0.25, 0.3) is 0 Å². The third-order valence-electron chi connectivity index (χ3n) is 9.65. The Morgan fingerprint density at radius 1 is 0.750 bits per heavy atom. The first kappa shape index (κ1) is 30.6. The molecule has 2 unspecified atom stereocenters. The standard InChI is InChI=1S/C21H26F2O2.C18H15S/c1-14-3-5-17(6-4-14)21-10-15-7-16(11-21)9-20(8-15,12-21)13-25-18(24)19(2,22)23;1-4-10-16(11-5-1)19(17-12-6-2-7-13-17)18-14-8-3-9-15-18/h3-6,15-16H,7-13H2,1-2H3;1-15H/q;+1. The van der Waals surface area contributed by atoms with Gasteiger partial charge in [-0.2, -0.15) is 8.78 Å². The van der Waals surface area contributed by atoms with Crippen LogP contribution in [0.4, 0.5) is 8.78 Å². The molecule has 4 fully saturated rings. The second-order valence-corrected chi connectivity index (χ2v) is 15.3. The topological polar surface area (TPSA) is 26.3 Å². The van der Waals surface area contributed by atoms with E-state index in [0.717, 1.165) is 19.3 Å². The number of benzene rings is 4. The predicted molar refractivity (Wildman–Crippen MR) is 173 cm³/mol. The molecular formula is C39H41F2O2S+. The van der Waals surface area contributed by atoms with Crippen LogP contribution in [0.15, 0.2) is 130 Å². The molecule has 4 aliphatic rings.